The van der Waals surface area contributed by atoms with Crippen molar-refractivity contribution >= 4 is 50.8 Å². The van der Waals surface area contributed by atoms with Gasteiger partial charge in [-0.25, -0.2) is 10.4 Å². The summed E-state index contributed by atoms with van der Waals surface area (Å²) < 4.78 is 3.08. The Hall–Kier alpha value is -2.90. The van der Waals surface area contributed by atoms with E-state index in [0.29, 0.717) is 6.54 Å². The molecule has 7 heteroatoms. The summed E-state index contributed by atoms with van der Waals surface area (Å²) in [5.74, 6) is 0.0482. The molecule has 1 heterocycles. The maximum Gasteiger partial charge on any atom is 0.250 e. The average molecular weight is 493 g/mol. The van der Waals surface area contributed by atoms with Crippen molar-refractivity contribution in [2.24, 2.45) is 5.10 Å². The molecule has 3 aromatic carbocycles. The lowest BCUT2D eigenvalue weighted by Crippen LogP contribution is -2.20. The number of hydrogen-bond acceptors (Lipinski definition) is 4. The zero-order chi connectivity index (χ0) is 21.6. The Bertz CT molecular complexity index is 1230. The van der Waals surface area contributed by atoms with E-state index in [-0.39, 0.29) is 11.7 Å². The predicted molar refractivity (Wildman–Crippen MR) is 131 cm³/mol. The molecule has 0 aliphatic carbocycles. The van der Waals surface area contributed by atoms with Crippen LogP contribution in [0.3, 0.4) is 0 Å². The first-order valence-corrected chi connectivity index (χ1v) is 11.6. The predicted octanol–water partition coefficient (Wildman–Crippen LogP) is 5.40. The maximum absolute atomic E-state index is 12.3. The fourth-order valence-corrected chi connectivity index (χ4v) is 4.30. The number of imidazole rings is 1. The maximum atomic E-state index is 12.3. The van der Waals surface area contributed by atoms with Gasteiger partial charge in [-0.15, -0.1) is 0 Å². The van der Waals surface area contributed by atoms with Gasteiger partial charge in [0.2, 0.25) is 0 Å². The number of fused-ring (bicyclic) bond motifs is 1. The number of rotatable bonds is 7. The first-order chi connectivity index (χ1) is 15.1. The summed E-state index contributed by atoms with van der Waals surface area (Å²) >= 11 is 4.87. The highest BCUT2D eigenvalue weighted by Crippen LogP contribution is 2.25. The third kappa shape index (κ3) is 5.42. The number of benzene rings is 3. The fraction of sp³-hybridized carbons (Fsp3) is 0.125. The van der Waals surface area contributed by atoms with E-state index >= 15 is 0 Å². The molecule has 0 saturated carbocycles. The number of halogens is 1. The van der Waals surface area contributed by atoms with Gasteiger partial charge < -0.3 is 4.57 Å². The normalized spacial score (nSPS) is 11.3. The molecule has 0 radical (unpaired) electrons. The number of thioether (sulfide) groups is 1. The Morgan fingerprint density at radius 2 is 1.84 bits per heavy atom. The van der Waals surface area contributed by atoms with E-state index in [9.17, 15) is 4.79 Å². The van der Waals surface area contributed by atoms with Crippen LogP contribution in [0.25, 0.3) is 11.0 Å². The van der Waals surface area contributed by atoms with Crippen molar-refractivity contribution in [1.82, 2.24) is 15.0 Å². The smallest absolute Gasteiger partial charge is 0.250 e. The van der Waals surface area contributed by atoms with Gasteiger partial charge >= 0.3 is 0 Å². The quantitative estimate of drug-likeness (QED) is 0.213. The van der Waals surface area contributed by atoms with Crippen LogP contribution in [0.15, 0.2) is 87.5 Å². The van der Waals surface area contributed by atoms with Crippen LogP contribution in [0.2, 0.25) is 0 Å². The molecule has 4 aromatic rings. The molecule has 0 aliphatic rings. The number of amides is 1. The molecule has 0 fully saturated rings. The molecule has 0 saturated heterocycles. The third-order valence-corrected chi connectivity index (χ3v) is 6.41. The zero-order valence-corrected chi connectivity index (χ0v) is 19.4. The first kappa shape index (κ1) is 21.3. The highest BCUT2D eigenvalue weighted by atomic mass is 79.9. The van der Waals surface area contributed by atoms with Gasteiger partial charge in [-0.3, -0.25) is 4.79 Å². The van der Waals surface area contributed by atoms with Crippen molar-refractivity contribution in [3.63, 3.8) is 0 Å². The van der Waals surface area contributed by atoms with E-state index < -0.39 is 0 Å². The second-order valence-electron chi connectivity index (χ2n) is 7.06. The minimum atomic E-state index is -0.178. The van der Waals surface area contributed by atoms with Gasteiger partial charge in [-0.2, -0.15) is 5.10 Å². The average Bonchev–Trinajstić information content (AvgIpc) is 3.12. The van der Waals surface area contributed by atoms with Crippen molar-refractivity contribution in [1.29, 1.82) is 0 Å². The van der Waals surface area contributed by atoms with Crippen LogP contribution in [-0.4, -0.2) is 27.4 Å². The first-order valence-electron chi connectivity index (χ1n) is 9.80. The van der Waals surface area contributed by atoms with Crippen molar-refractivity contribution in [2.45, 2.75) is 18.6 Å². The van der Waals surface area contributed by atoms with Crippen molar-refractivity contribution in [3.05, 3.63) is 94.0 Å². The Labute approximate surface area is 193 Å². The molecule has 156 valence electrons. The Morgan fingerprint density at radius 1 is 1.10 bits per heavy atom. The summed E-state index contributed by atoms with van der Waals surface area (Å²) in [5, 5.41) is 4.87. The van der Waals surface area contributed by atoms with Crippen molar-refractivity contribution < 1.29 is 4.79 Å². The Balaban J connectivity index is 1.46. The number of hydrogen-bond donors (Lipinski definition) is 1. The van der Waals surface area contributed by atoms with Crippen LogP contribution >= 0.6 is 27.7 Å². The van der Waals surface area contributed by atoms with E-state index in [4.69, 9.17) is 4.98 Å². The van der Waals surface area contributed by atoms with Gasteiger partial charge in [0.15, 0.2) is 5.16 Å². The fourth-order valence-electron chi connectivity index (χ4n) is 3.11. The highest BCUT2D eigenvalue weighted by Gasteiger charge is 2.13. The second kappa shape index (κ2) is 9.94. The zero-order valence-electron chi connectivity index (χ0n) is 17.0. The molecule has 0 unspecified atom stereocenters. The van der Waals surface area contributed by atoms with Gasteiger partial charge in [0.1, 0.15) is 0 Å². The Morgan fingerprint density at radius 3 is 2.65 bits per heavy atom. The second-order valence-corrected chi connectivity index (χ2v) is 8.86. The summed E-state index contributed by atoms with van der Waals surface area (Å²) in [5.41, 5.74) is 7.89. The van der Waals surface area contributed by atoms with Gasteiger partial charge in [-0.1, -0.05) is 87.9 Å². The lowest BCUT2D eigenvalue weighted by molar-refractivity contribution is -0.118. The SMILES string of the molecule is Cc1ccc(Cn2c(SCC(=O)NN=Cc3ccccc3Br)nc3ccccc32)cc1. The molecule has 0 spiro atoms. The van der Waals surface area contributed by atoms with Gasteiger partial charge in [0, 0.05) is 10.0 Å². The monoisotopic (exact) mass is 492 g/mol. The van der Waals surface area contributed by atoms with E-state index in [1.807, 2.05) is 42.5 Å². The molecule has 1 N–H and O–H groups in total. The molecule has 4 rings (SSSR count). The number of nitrogens with zero attached hydrogens (tertiary/aromatic N) is 3. The molecule has 0 bridgehead atoms. The molecular weight excluding hydrogens is 472 g/mol. The lowest BCUT2D eigenvalue weighted by atomic mass is 10.1. The van der Waals surface area contributed by atoms with Crippen LogP contribution in [0.5, 0.6) is 0 Å². The topological polar surface area (TPSA) is 59.3 Å². The molecule has 0 aliphatic heterocycles. The number of aromatic nitrogens is 2. The van der Waals surface area contributed by atoms with Gasteiger partial charge in [0.05, 0.1) is 29.5 Å². The largest absolute Gasteiger partial charge is 0.314 e. The number of carbonyl (C=O) groups is 1. The summed E-state index contributed by atoms with van der Waals surface area (Å²) in [7, 11) is 0. The molecule has 5 nitrogen and oxygen atoms in total. The minimum Gasteiger partial charge on any atom is -0.314 e. The third-order valence-electron chi connectivity index (χ3n) is 4.71. The summed E-state index contributed by atoms with van der Waals surface area (Å²) in [6.07, 6.45) is 1.62. The van der Waals surface area contributed by atoms with Crippen LogP contribution < -0.4 is 5.43 Å². The molecular formula is C24H21BrN4OS. The van der Waals surface area contributed by atoms with E-state index in [2.05, 4.69) is 68.3 Å². The van der Waals surface area contributed by atoms with E-state index in [1.54, 1.807) is 6.21 Å². The van der Waals surface area contributed by atoms with Crippen LogP contribution in [0.1, 0.15) is 16.7 Å². The van der Waals surface area contributed by atoms with Crippen LogP contribution in [0, 0.1) is 6.92 Å². The highest BCUT2D eigenvalue weighted by molar-refractivity contribution is 9.10. The van der Waals surface area contributed by atoms with E-state index in [0.717, 1.165) is 26.2 Å². The van der Waals surface area contributed by atoms with Crippen LogP contribution in [0.4, 0.5) is 0 Å². The van der Waals surface area contributed by atoms with Crippen molar-refractivity contribution in [3.8, 4) is 0 Å². The standard InChI is InChI=1S/C24H21BrN4OS/c1-17-10-12-18(13-11-17)15-29-22-9-5-4-8-21(22)27-24(29)31-16-23(30)28-26-14-19-6-2-3-7-20(19)25/h2-14H,15-16H2,1H3,(H,28,30). The molecule has 31 heavy (non-hydrogen) atoms. The van der Waals surface area contributed by atoms with Gasteiger partial charge in [-0.05, 0) is 30.7 Å². The number of hydrazone groups is 1. The number of para-hydroxylation sites is 2. The minimum absolute atomic E-state index is 0.178. The number of nitrogens with one attached hydrogen (secondary N) is 1. The lowest BCUT2D eigenvalue weighted by Gasteiger charge is -2.09. The Kier molecular flexibility index (Phi) is 6.84. The number of carbonyl (C=O) groups excluding carboxylic acids is 1. The number of aryl methyl sites for hydroxylation is 1. The summed E-state index contributed by atoms with van der Waals surface area (Å²) in [6.45, 7) is 2.78. The van der Waals surface area contributed by atoms with E-state index in [1.165, 1.54) is 22.9 Å². The molecule has 1 amide bonds. The van der Waals surface area contributed by atoms with Crippen LogP contribution in [-0.2, 0) is 11.3 Å². The molecule has 1 aromatic heterocycles. The summed E-state index contributed by atoms with van der Waals surface area (Å²) in [6, 6.07) is 24.2. The summed E-state index contributed by atoms with van der Waals surface area (Å²) in [4.78, 5) is 17.1. The molecule has 0 atom stereocenters. The van der Waals surface area contributed by atoms with Crippen molar-refractivity contribution in [2.75, 3.05) is 5.75 Å². The van der Waals surface area contributed by atoms with Gasteiger partial charge in [0.25, 0.3) is 5.91 Å².